The van der Waals surface area contributed by atoms with E-state index in [1.54, 1.807) is 36.4 Å². The Morgan fingerprint density at radius 3 is 1.46 bits per heavy atom. The number of phenolic OH excluding ortho intramolecular Hbond substituents is 2. The molecule has 0 saturated heterocycles. The van der Waals surface area contributed by atoms with Crippen molar-refractivity contribution in [1.82, 2.24) is 0 Å². The van der Waals surface area contributed by atoms with Crippen LogP contribution >= 0.6 is 0 Å². The minimum atomic E-state index is -0.129. The second-order valence-electron chi connectivity index (χ2n) is 4.58. The lowest BCUT2D eigenvalue weighted by Crippen LogP contribution is -2.30. The number of hydrogen-bond donors (Lipinski definition) is 4. The Hall–Kier alpha value is -3.68. The van der Waals surface area contributed by atoms with Gasteiger partial charge in [-0.15, -0.1) is 10.2 Å². The van der Waals surface area contributed by atoms with E-state index >= 15 is 0 Å². The van der Waals surface area contributed by atoms with Gasteiger partial charge in [0.1, 0.15) is 11.5 Å². The highest BCUT2D eigenvalue weighted by Crippen LogP contribution is 2.13. The van der Waals surface area contributed by atoms with Crippen molar-refractivity contribution in [3.63, 3.8) is 0 Å². The summed E-state index contributed by atoms with van der Waals surface area (Å²) in [7, 11) is 0. The molecule has 0 bridgehead atoms. The van der Waals surface area contributed by atoms with E-state index in [0.717, 1.165) is 0 Å². The minimum Gasteiger partial charge on any atom is -0.507 e. The zero-order valence-corrected chi connectivity index (χ0v) is 12.6. The monoisotopic (exact) mass is 324 g/mol. The van der Waals surface area contributed by atoms with E-state index < -0.39 is 0 Å². The largest absolute Gasteiger partial charge is 0.507 e. The molecular weight excluding hydrogens is 308 g/mol. The van der Waals surface area contributed by atoms with Crippen molar-refractivity contribution < 1.29 is 10.2 Å². The van der Waals surface area contributed by atoms with Gasteiger partial charge in [0, 0.05) is 11.1 Å². The number of nitrogens with two attached hydrogens (primary N) is 2. The lowest BCUT2D eigenvalue weighted by molar-refractivity contribution is 0.474. The minimum absolute atomic E-state index is 0.0731. The summed E-state index contributed by atoms with van der Waals surface area (Å²) in [6.07, 6.45) is 2.67. The molecule has 2 aromatic rings. The molecule has 0 amide bonds. The van der Waals surface area contributed by atoms with Crippen LogP contribution in [-0.4, -0.2) is 34.3 Å². The van der Waals surface area contributed by atoms with Crippen LogP contribution in [0.15, 0.2) is 68.9 Å². The van der Waals surface area contributed by atoms with Crippen LogP contribution in [0.2, 0.25) is 0 Å². The van der Waals surface area contributed by atoms with Crippen LogP contribution in [0.5, 0.6) is 11.5 Å². The number of aromatic hydroxyl groups is 2. The molecule has 8 heteroatoms. The van der Waals surface area contributed by atoms with Crippen molar-refractivity contribution in [3.8, 4) is 11.5 Å². The van der Waals surface area contributed by atoms with E-state index in [0.29, 0.717) is 11.1 Å². The second kappa shape index (κ2) is 8.08. The normalized spacial score (nSPS) is 13.0. The molecule has 0 aliphatic rings. The Balaban J connectivity index is 2.04. The summed E-state index contributed by atoms with van der Waals surface area (Å²) < 4.78 is 0. The lowest BCUT2D eigenvalue weighted by atomic mass is 10.2. The highest BCUT2D eigenvalue weighted by molar-refractivity contribution is 6.39. The van der Waals surface area contributed by atoms with Crippen LogP contribution in [0.3, 0.4) is 0 Å². The maximum Gasteiger partial charge on any atom is 0.190 e. The third kappa shape index (κ3) is 4.67. The van der Waals surface area contributed by atoms with E-state index in [1.165, 1.54) is 24.6 Å². The second-order valence-corrected chi connectivity index (χ2v) is 4.58. The first-order valence-corrected chi connectivity index (χ1v) is 6.87. The van der Waals surface area contributed by atoms with Gasteiger partial charge in [-0.05, 0) is 24.3 Å². The number of amidine groups is 2. The standard InChI is InChI=1S/C16H16N6O2/c17-15(21-19-9-11-5-1-3-7-13(11)23)16(18)22-20-10-12-6-2-4-8-14(12)24/h1-10,23-24H,(H2,17,21)(H2,18,22). The molecule has 0 fully saturated rings. The van der Waals surface area contributed by atoms with E-state index in [-0.39, 0.29) is 23.2 Å². The van der Waals surface area contributed by atoms with Crippen molar-refractivity contribution >= 4 is 24.1 Å². The SMILES string of the molecule is NC(=NN=Cc1ccccc1O)C(N)=NN=Cc1ccccc1O. The number of phenols is 2. The maximum absolute atomic E-state index is 9.57. The molecule has 0 unspecified atom stereocenters. The van der Waals surface area contributed by atoms with Gasteiger partial charge in [0.2, 0.25) is 0 Å². The van der Waals surface area contributed by atoms with E-state index in [1.807, 2.05) is 0 Å². The van der Waals surface area contributed by atoms with Crippen LogP contribution < -0.4 is 11.5 Å². The van der Waals surface area contributed by atoms with E-state index in [4.69, 9.17) is 11.5 Å². The van der Waals surface area contributed by atoms with Crippen LogP contribution in [0, 0.1) is 0 Å². The summed E-state index contributed by atoms with van der Waals surface area (Å²) in [6.45, 7) is 0. The molecule has 0 spiro atoms. The highest BCUT2D eigenvalue weighted by Gasteiger charge is 1.99. The first-order valence-electron chi connectivity index (χ1n) is 6.87. The molecule has 0 radical (unpaired) electrons. The van der Waals surface area contributed by atoms with Crippen molar-refractivity contribution in [2.24, 2.45) is 31.9 Å². The third-order valence-electron chi connectivity index (χ3n) is 2.86. The number of para-hydroxylation sites is 2. The van der Waals surface area contributed by atoms with Crippen molar-refractivity contribution in [2.45, 2.75) is 0 Å². The molecule has 0 atom stereocenters. The van der Waals surface area contributed by atoms with Crippen LogP contribution in [0.25, 0.3) is 0 Å². The molecule has 2 aromatic carbocycles. The Morgan fingerprint density at radius 2 is 1.08 bits per heavy atom. The molecule has 8 nitrogen and oxygen atoms in total. The quantitative estimate of drug-likeness (QED) is 0.380. The zero-order valence-electron chi connectivity index (χ0n) is 12.6. The summed E-state index contributed by atoms with van der Waals surface area (Å²) in [5, 5.41) is 34.0. The van der Waals surface area contributed by atoms with Gasteiger partial charge in [0.25, 0.3) is 0 Å². The Morgan fingerprint density at radius 1 is 0.708 bits per heavy atom. The lowest BCUT2D eigenvalue weighted by Gasteiger charge is -1.97. The van der Waals surface area contributed by atoms with Gasteiger partial charge in [-0.25, -0.2) is 0 Å². The van der Waals surface area contributed by atoms with Crippen molar-refractivity contribution in [2.75, 3.05) is 0 Å². The van der Waals surface area contributed by atoms with Gasteiger partial charge in [-0.3, -0.25) is 0 Å². The Bertz CT molecular complexity index is 757. The predicted molar refractivity (Wildman–Crippen MR) is 94.6 cm³/mol. The summed E-state index contributed by atoms with van der Waals surface area (Å²) in [6, 6.07) is 13.3. The van der Waals surface area contributed by atoms with Crippen LogP contribution in [0.4, 0.5) is 0 Å². The average molecular weight is 324 g/mol. The fourth-order valence-electron chi connectivity index (χ4n) is 1.60. The Labute approximate surface area is 138 Å². The molecule has 0 saturated carbocycles. The number of benzene rings is 2. The molecule has 24 heavy (non-hydrogen) atoms. The van der Waals surface area contributed by atoms with Crippen LogP contribution in [-0.2, 0) is 0 Å². The zero-order chi connectivity index (χ0) is 17.4. The van der Waals surface area contributed by atoms with Crippen molar-refractivity contribution in [1.29, 1.82) is 0 Å². The number of nitrogens with zero attached hydrogens (tertiary/aromatic N) is 4. The first-order chi connectivity index (χ1) is 11.6. The molecule has 2 rings (SSSR count). The molecular formula is C16H16N6O2. The van der Waals surface area contributed by atoms with Gasteiger partial charge in [0.15, 0.2) is 11.7 Å². The van der Waals surface area contributed by atoms with Crippen molar-refractivity contribution in [3.05, 3.63) is 59.7 Å². The highest BCUT2D eigenvalue weighted by atomic mass is 16.3. The summed E-state index contributed by atoms with van der Waals surface area (Å²) in [5.41, 5.74) is 12.2. The van der Waals surface area contributed by atoms with Gasteiger partial charge < -0.3 is 21.7 Å². The molecule has 122 valence electrons. The first kappa shape index (κ1) is 16.7. The molecule has 0 heterocycles. The Kier molecular flexibility index (Phi) is 5.62. The van der Waals surface area contributed by atoms with Gasteiger partial charge in [0.05, 0.1) is 12.4 Å². The third-order valence-corrected chi connectivity index (χ3v) is 2.86. The summed E-state index contributed by atoms with van der Waals surface area (Å²) in [5.74, 6) is -0.111. The molecule has 0 aliphatic carbocycles. The fraction of sp³-hybridized carbons (Fsp3) is 0. The van der Waals surface area contributed by atoms with Gasteiger partial charge >= 0.3 is 0 Å². The fourth-order valence-corrected chi connectivity index (χ4v) is 1.60. The average Bonchev–Trinajstić information content (AvgIpc) is 2.58. The van der Waals surface area contributed by atoms with Gasteiger partial charge in [-0.2, -0.15) is 10.2 Å². The number of rotatable bonds is 4. The topological polar surface area (TPSA) is 142 Å². The molecule has 0 aromatic heterocycles. The van der Waals surface area contributed by atoms with E-state index in [2.05, 4.69) is 20.4 Å². The van der Waals surface area contributed by atoms with Gasteiger partial charge in [-0.1, -0.05) is 24.3 Å². The molecule has 6 N–H and O–H groups in total. The predicted octanol–water partition coefficient (Wildman–Crippen LogP) is 1.18. The van der Waals surface area contributed by atoms with E-state index in [9.17, 15) is 10.2 Å². The maximum atomic E-state index is 9.57. The van der Waals surface area contributed by atoms with Crippen LogP contribution in [0.1, 0.15) is 11.1 Å². The summed E-state index contributed by atoms with van der Waals surface area (Å²) >= 11 is 0. The smallest absolute Gasteiger partial charge is 0.190 e. The summed E-state index contributed by atoms with van der Waals surface area (Å²) in [4.78, 5) is 0. The molecule has 0 aliphatic heterocycles. The number of hydrogen-bond acceptors (Lipinski definition) is 6.